The largest absolute Gasteiger partial charge is 0.497 e. The number of piperidine rings is 1. The summed E-state index contributed by atoms with van der Waals surface area (Å²) in [6.45, 7) is 5.66. The van der Waals surface area contributed by atoms with Gasteiger partial charge in [0.25, 0.3) is 5.91 Å². The van der Waals surface area contributed by atoms with Crippen LogP contribution in [0.25, 0.3) is 0 Å². The minimum Gasteiger partial charge on any atom is -0.497 e. The number of likely N-dealkylation sites (N-methyl/N-ethyl adjacent to an activating group) is 1. The Labute approximate surface area is 214 Å². The van der Waals surface area contributed by atoms with Gasteiger partial charge in [0, 0.05) is 32.6 Å². The van der Waals surface area contributed by atoms with Crippen molar-refractivity contribution in [2.24, 2.45) is 11.8 Å². The van der Waals surface area contributed by atoms with Crippen LogP contribution >= 0.6 is 0 Å². The Bertz CT molecular complexity index is 1050. The van der Waals surface area contributed by atoms with Gasteiger partial charge in [-0.1, -0.05) is 38.1 Å². The van der Waals surface area contributed by atoms with E-state index in [-0.39, 0.29) is 24.5 Å². The number of nitrogens with zero attached hydrogens (tertiary/aromatic N) is 2. The molecule has 2 heterocycles. The average molecular weight is 495 g/mol. The highest BCUT2D eigenvalue weighted by molar-refractivity contribution is 5.82. The lowest BCUT2D eigenvalue weighted by atomic mass is 9.84. The molecule has 0 bridgehead atoms. The second-order valence-electron chi connectivity index (χ2n) is 10.3. The SMILES string of the molecule is COc1cccc(C[C@H](C2CCN(C(=O)[C@@H]3COc4ccccc4O3)CC2)N(C)C(=O)CC(C)C)c1. The zero-order valence-electron chi connectivity index (χ0n) is 21.8. The van der Waals surface area contributed by atoms with E-state index in [1.807, 2.05) is 59.3 Å². The van der Waals surface area contributed by atoms with Crippen LogP contribution in [0.5, 0.6) is 17.2 Å². The van der Waals surface area contributed by atoms with Crippen LogP contribution in [-0.4, -0.2) is 67.6 Å². The molecule has 0 aliphatic carbocycles. The summed E-state index contributed by atoms with van der Waals surface area (Å²) in [6, 6.07) is 15.6. The number of fused-ring (bicyclic) bond motifs is 1. The predicted molar refractivity (Wildman–Crippen MR) is 138 cm³/mol. The fourth-order valence-corrected chi connectivity index (χ4v) is 5.19. The number of ether oxygens (including phenoxy) is 3. The Kier molecular flexibility index (Phi) is 8.39. The van der Waals surface area contributed by atoms with Gasteiger partial charge >= 0.3 is 0 Å². The lowest BCUT2D eigenvalue weighted by Crippen LogP contribution is -2.52. The molecular weight excluding hydrogens is 456 g/mol. The first-order valence-corrected chi connectivity index (χ1v) is 12.9. The zero-order chi connectivity index (χ0) is 25.7. The van der Waals surface area contributed by atoms with Gasteiger partial charge in [0.1, 0.15) is 12.4 Å². The highest BCUT2D eigenvalue weighted by Crippen LogP contribution is 2.33. The maximum Gasteiger partial charge on any atom is 0.267 e. The highest BCUT2D eigenvalue weighted by atomic mass is 16.6. The van der Waals surface area contributed by atoms with Crippen molar-refractivity contribution in [3.05, 3.63) is 54.1 Å². The molecule has 4 rings (SSSR count). The van der Waals surface area contributed by atoms with E-state index < -0.39 is 6.10 Å². The molecule has 7 heteroatoms. The van der Waals surface area contributed by atoms with Gasteiger partial charge in [0.05, 0.1) is 7.11 Å². The number of hydrogen-bond donors (Lipinski definition) is 0. The van der Waals surface area contributed by atoms with Crippen LogP contribution in [-0.2, 0) is 16.0 Å². The third kappa shape index (κ3) is 6.12. The number of amides is 2. The van der Waals surface area contributed by atoms with Crippen LogP contribution in [0, 0.1) is 11.8 Å². The summed E-state index contributed by atoms with van der Waals surface area (Å²) in [5.74, 6) is 2.85. The van der Waals surface area contributed by atoms with Crippen LogP contribution in [0.2, 0.25) is 0 Å². The van der Waals surface area contributed by atoms with E-state index in [2.05, 4.69) is 19.9 Å². The molecular formula is C29H38N2O5. The molecule has 0 radical (unpaired) electrons. The molecule has 2 atom stereocenters. The van der Waals surface area contributed by atoms with Crippen LogP contribution < -0.4 is 14.2 Å². The van der Waals surface area contributed by atoms with Gasteiger partial charge in [0.2, 0.25) is 12.0 Å². The molecule has 2 aromatic carbocycles. The molecule has 0 N–H and O–H groups in total. The molecule has 1 saturated heterocycles. The van der Waals surface area contributed by atoms with Gasteiger partial charge in [-0.25, -0.2) is 0 Å². The monoisotopic (exact) mass is 494 g/mol. The number of rotatable bonds is 8. The topological polar surface area (TPSA) is 68.3 Å². The fraction of sp³-hybridized carbons (Fsp3) is 0.517. The van der Waals surface area contributed by atoms with E-state index in [1.54, 1.807) is 7.11 Å². The Morgan fingerprint density at radius 1 is 1.08 bits per heavy atom. The van der Waals surface area contributed by atoms with Crippen molar-refractivity contribution in [2.45, 2.75) is 51.7 Å². The first-order chi connectivity index (χ1) is 17.4. The summed E-state index contributed by atoms with van der Waals surface area (Å²) in [7, 11) is 3.60. The Balaban J connectivity index is 1.42. The third-order valence-corrected chi connectivity index (χ3v) is 7.23. The van der Waals surface area contributed by atoms with E-state index in [9.17, 15) is 9.59 Å². The molecule has 36 heavy (non-hydrogen) atoms. The van der Waals surface area contributed by atoms with E-state index in [0.29, 0.717) is 42.8 Å². The zero-order valence-corrected chi connectivity index (χ0v) is 21.8. The summed E-state index contributed by atoms with van der Waals surface area (Å²) in [4.78, 5) is 30.1. The molecule has 0 unspecified atom stereocenters. The standard InChI is InChI=1S/C29H38N2O5/c1-20(2)16-28(32)30(3)24(18-21-8-7-9-23(17-21)34-4)22-12-14-31(15-13-22)29(33)27-19-35-25-10-5-6-11-26(25)36-27/h5-11,17,20,22,24,27H,12-16,18-19H2,1-4H3/t24-,27+/m1/s1. The molecule has 2 amide bonds. The number of carbonyl (C=O) groups excluding carboxylic acids is 2. The maximum absolute atomic E-state index is 13.2. The smallest absolute Gasteiger partial charge is 0.267 e. The van der Waals surface area contributed by atoms with E-state index in [4.69, 9.17) is 14.2 Å². The number of hydrogen-bond acceptors (Lipinski definition) is 5. The first-order valence-electron chi connectivity index (χ1n) is 12.9. The maximum atomic E-state index is 13.2. The van der Waals surface area contributed by atoms with Crippen molar-refractivity contribution in [2.75, 3.05) is 33.9 Å². The predicted octanol–water partition coefficient (Wildman–Crippen LogP) is 4.19. The van der Waals surface area contributed by atoms with Gasteiger partial charge in [0.15, 0.2) is 11.5 Å². The first kappa shape index (κ1) is 25.9. The number of likely N-dealkylation sites (tertiary alicyclic amines) is 1. The minimum atomic E-state index is -0.626. The van der Waals surface area contributed by atoms with Gasteiger partial charge < -0.3 is 24.0 Å². The van der Waals surface area contributed by atoms with Crippen molar-refractivity contribution < 1.29 is 23.8 Å². The summed E-state index contributed by atoms with van der Waals surface area (Å²) in [6.07, 6.45) is 2.34. The Morgan fingerprint density at radius 2 is 1.81 bits per heavy atom. The van der Waals surface area contributed by atoms with Crippen LogP contribution in [0.1, 0.15) is 38.7 Å². The molecule has 194 valence electrons. The molecule has 2 aliphatic heterocycles. The normalized spacial score (nSPS) is 18.6. The molecule has 2 aliphatic rings. The average Bonchev–Trinajstić information content (AvgIpc) is 2.90. The Hall–Kier alpha value is -3.22. The van der Waals surface area contributed by atoms with Crippen molar-refractivity contribution in [1.29, 1.82) is 0 Å². The van der Waals surface area contributed by atoms with Crippen LogP contribution in [0.4, 0.5) is 0 Å². The van der Waals surface area contributed by atoms with E-state index in [0.717, 1.165) is 30.6 Å². The minimum absolute atomic E-state index is 0.0310. The second kappa shape index (κ2) is 11.7. The molecule has 1 fully saturated rings. The van der Waals surface area contributed by atoms with Crippen molar-refractivity contribution >= 4 is 11.8 Å². The summed E-state index contributed by atoms with van der Waals surface area (Å²) in [5, 5.41) is 0. The quantitative estimate of drug-likeness (QED) is 0.551. The molecule has 0 saturated carbocycles. The van der Waals surface area contributed by atoms with Crippen LogP contribution in [0.15, 0.2) is 48.5 Å². The summed E-state index contributed by atoms with van der Waals surface area (Å²) in [5.41, 5.74) is 1.15. The van der Waals surface area contributed by atoms with Crippen molar-refractivity contribution in [3.63, 3.8) is 0 Å². The number of methoxy groups -OCH3 is 1. The lowest BCUT2D eigenvalue weighted by molar-refractivity contribution is -0.144. The fourth-order valence-electron chi connectivity index (χ4n) is 5.19. The molecule has 0 aromatic heterocycles. The van der Waals surface area contributed by atoms with Gasteiger partial charge in [-0.3, -0.25) is 9.59 Å². The van der Waals surface area contributed by atoms with Gasteiger partial charge in [-0.05, 0) is 60.9 Å². The van der Waals surface area contributed by atoms with E-state index in [1.165, 1.54) is 0 Å². The molecule has 0 spiro atoms. The third-order valence-electron chi connectivity index (χ3n) is 7.23. The molecule has 2 aromatic rings. The highest BCUT2D eigenvalue weighted by Gasteiger charge is 2.36. The van der Waals surface area contributed by atoms with Crippen molar-refractivity contribution in [1.82, 2.24) is 9.80 Å². The number of benzene rings is 2. The summed E-state index contributed by atoms with van der Waals surface area (Å²) >= 11 is 0. The van der Waals surface area contributed by atoms with E-state index >= 15 is 0 Å². The molecule has 7 nitrogen and oxygen atoms in total. The lowest BCUT2D eigenvalue weighted by Gasteiger charge is -2.41. The number of carbonyl (C=O) groups is 2. The second-order valence-corrected chi connectivity index (χ2v) is 10.3. The van der Waals surface area contributed by atoms with Gasteiger partial charge in [-0.2, -0.15) is 0 Å². The van der Waals surface area contributed by atoms with Gasteiger partial charge in [-0.15, -0.1) is 0 Å². The van der Waals surface area contributed by atoms with Crippen molar-refractivity contribution in [3.8, 4) is 17.2 Å². The Morgan fingerprint density at radius 3 is 2.50 bits per heavy atom. The number of para-hydroxylation sites is 2. The summed E-state index contributed by atoms with van der Waals surface area (Å²) < 4.78 is 17.1. The van der Waals surface area contributed by atoms with Crippen LogP contribution in [0.3, 0.4) is 0 Å².